The van der Waals surface area contributed by atoms with Crippen LogP contribution in [0.25, 0.3) is 0 Å². The molecule has 0 aliphatic heterocycles. The fraction of sp³-hybridized carbons (Fsp3) is 0.827. The first kappa shape index (κ1) is 78.1. The van der Waals surface area contributed by atoms with Crippen molar-refractivity contribution in [1.82, 2.24) is 0 Å². The molecule has 0 saturated heterocycles. The molecule has 0 amide bonds. The minimum absolute atomic E-state index is 0.0758. The molecule has 0 N–H and O–H groups in total. The second-order valence-corrected chi connectivity index (χ2v) is 24.1. The third-order valence-corrected chi connectivity index (χ3v) is 16.0. The van der Waals surface area contributed by atoms with E-state index in [0.717, 1.165) is 77.0 Å². The quantitative estimate of drug-likeness (QED) is 0.0261. The van der Waals surface area contributed by atoms with Crippen LogP contribution in [0.5, 0.6) is 0 Å². The Morgan fingerprint density at radius 2 is 0.444 bits per heavy atom. The number of unbranched alkanes of at least 4 members (excludes halogenated alkanes) is 45. The van der Waals surface area contributed by atoms with Crippen LogP contribution in [-0.4, -0.2) is 37.2 Å². The van der Waals surface area contributed by atoms with Crippen LogP contribution in [0.3, 0.4) is 0 Å². The molecule has 0 fully saturated rings. The third kappa shape index (κ3) is 67.8. The second-order valence-electron chi connectivity index (χ2n) is 24.1. The van der Waals surface area contributed by atoms with Crippen LogP contribution in [0.15, 0.2) is 60.8 Å². The topological polar surface area (TPSA) is 78.9 Å². The summed E-state index contributed by atoms with van der Waals surface area (Å²) >= 11 is 0. The second kappa shape index (κ2) is 69.6. The van der Waals surface area contributed by atoms with Gasteiger partial charge in [-0.15, -0.1) is 0 Å². The van der Waals surface area contributed by atoms with E-state index in [-0.39, 0.29) is 31.1 Å². The molecule has 1 unspecified atom stereocenters. The molecule has 0 saturated carbocycles. The molecule has 0 heterocycles. The van der Waals surface area contributed by atoms with Gasteiger partial charge in [-0.05, 0) is 109 Å². The summed E-state index contributed by atoms with van der Waals surface area (Å²) < 4.78 is 17.0. The van der Waals surface area contributed by atoms with Gasteiger partial charge in [0.05, 0.1) is 0 Å². The van der Waals surface area contributed by atoms with Crippen molar-refractivity contribution in [3.05, 3.63) is 60.8 Å². The highest BCUT2D eigenvalue weighted by atomic mass is 16.6. The van der Waals surface area contributed by atoms with Crippen molar-refractivity contribution in [1.29, 1.82) is 0 Å². The summed E-state index contributed by atoms with van der Waals surface area (Å²) in [5.74, 6) is -0.866. The zero-order chi connectivity index (χ0) is 58.5. The van der Waals surface area contributed by atoms with Crippen LogP contribution < -0.4 is 0 Å². The molecule has 1 atom stereocenters. The Balaban J connectivity index is 4.27. The van der Waals surface area contributed by atoms with Crippen LogP contribution in [0.4, 0.5) is 0 Å². The van der Waals surface area contributed by atoms with E-state index >= 15 is 0 Å². The van der Waals surface area contributed by atoms with E-state index in [1.54, 1.807) is 0 Å². The zero-order valence-electron chi connectivity index (χ0n) is 54.3. The SMILES string of the molecule is CCCCCCC/C=C\C/C=C\C/C=C\CCCCCCCCCCCCCCCCC(=O)OCC(COC(=O)CCCCCCC/C=C\CCCCCCCCC)OC(=O)CCCCCCCCC/C=C\CCCCCCCCC. The summed E-state index contributed by atoms with van der Waals surface area (Å²) in [5.41, 5.74) is 0. The van der Waals surface area contributed by atoms with Gasteiger partial charge in [0.25, 0.3) is 0 Å². The molecule has 0 aromatic carbocycles. The number of carbonyl (C=O) groups excluding carboxylic acids is 3. The molecule has 0 aromatic heterocycles. The maximum absolute atomic E-state index is 12.9. The van der Waals surface area contributed by atoms with Gasteiger partial charge in [0.2, 0.25) is 0 Å². The van der Waals surface area contributed by atoms with E-state index in [2.05, 4.69) is 81.5 Å². The smallest absolute Gasteiger partial charge is 0.306 e. The minimum Gasteiger partial charge on any atom is -0.462 e. The maximum Gasteiger partial charge on any atom is 0.306 e. The van der Waals surface area contributed by atoms with E-state index in [9.17, 15) is 14.4 Å². The van der Waals surface area contributed by atoms with Gasteiger partial charge in [-0.25, -0.2) is 0 Å². The van der Waals surface area contributed by atoms with Crippen molar-refractivity contribution in [3.8, 4) is 0 Å². The lowest BCUT2D eigenvalue weighted by Gasteiger charge is -2.18. The van der Waals surface area contributed by atoms with Gasteiger partial charge in [0, 0.05) is 19.3 Å². The van der Waals surface area contributed by atoms with Crippen molar-refractivity contribution in [3.63, 3.8) is 0 Å². The first-order valence-electron chi connectivity index (χ1n) is 35.8. The van der Waals surface area contributed by atoms with Crippen molar-refractivity contribution in [2.45, 2.75) is 386 Å². The third-order valence-electron chi connectivity index (χ3n) is 16.0. The minimum atomic E-state index is -0.781. The van der Waals surface area contributed by atoms with E-state index in [4.69, 9.17) is 14.2 Å². The summed E-state index contributed by atoms with van der Waals surface area (Å²) in [6.45, 7) is 6.67. The van der Waals surface area contributed by atoms with E-state index < -0.39 is 6.10 Å². The average Bonchev–Trinajstić information content (AvgIpc) is 3.47. The predicted octanol–water partition coefficient (Wildman–Crippen LogP) is 24.7. The summed E-state index contributed by atoms with van der Waals surface area (Å²) in [5, 5.41) is 0. The van der Waals surface area contributed by atoms with Crippen LogP contribution in [0.1, 0.15) is 380 Å². The van der Waals surface area contributed by atoms with Crippen LogP contribution in [-0.2, 0) is 28.6 Å². The van der Waals surface area contributed by atoms with E-state index in [1.165, 1.54) is 263 Å². The molecule has 0 aliphatic carbocycles. The Morgan fingerprint density at radius 3 is 0.704 bits per heavy atom. The molecule has 472 valence electrons. The Labute approximate surface area is 504 Å². The fourth-order valence-electron chi connectivity index (χ4n) is 10.6. The molecule has 0 spiro atoms. The predicted molar refractivity (Wildman–Crippen MR) is 353 cm³/mol. The Hall–Kier alpha value is -2.89. The summed E-state index contributed by atoms with van der Waals surface area (Å²) in [7, 11) is 0. The first-order valence-corrected chi connectivity index (χ1v) is 35.8. The van der Waals surface area contributed by atoms with Crippen molar-refractivity contribution >= 4 is 17.9 Å². The van der Waals surface area contributed by atoms with Gasteiger partial charge in [-0.3, -0.25) is 14.4 Å². The first-order chi connectivity index (χ1) is 40.0. The molecule has 6 nitrogen and oxygen atoms in total. The van der Waals surface area contributed by atoms with Gasteiger partial charge >= 0.3 is 17.9 Å². The van der Waals surface area contributed by atoms with Gasteiger partial charge in [-0.1, -0.05) is 313 Å². The van der Waals surface area contributed by atoms with Crippen molar-refractivity contribution in [2.75, 3.05) is 13.2 Å². The standard InChI is InChI=1S/C75H136O6/c1-4-7-10-13-16-19-22-25-28-31-33-34-35-36-37-38-39-40-41-42-43-45-47-50-53-56-59-62-65-68-74(77)80-71-72(70-79-73(76)67-64-61-58-55-52-49-46-30-27-24-21-18-15-12-9-6-3)81-75(78)69-66-63-60-57-54-51-48-44-32-29-26-23-20-17-14-11-8-5-2/h22,25,29-33,35-36,46,72H,4-21,23-24,26-28,34,37-45,47-71H2,1-3H3/b25-22-,32-29-,33-31-,36-35-,46-30-. The van der Waals surface area contributed by atoms with Crippen molar-refractivity contribution in [2.24, 2.45) is 0 Å². The lowest BCUT2D eigenvalue weighted by atomic mass is 10.0. The lowest BCUT2D eigenvalue weighted by molar-refractivity contribution is -0.167. The number of esters is 3. The Kier molecular flexibility index (Phi) is 67.1. The molecule has 0 aliphatic rings. The molecule has 6 heteroatoms. The molecule has 0 aromatic rings. The maximum atomic E-state index is 12.9. The van der Waals surface area contributed by atoms with Crippen LogP contribution in [0.2, 0.25) is 0 Å². The van der Waals surface area contributed by atoms with Crippen LogP contribution in [0, 0.1) is 0 Å². The van der Waals surface area contributed by atoms with Gasteiger partial charge in [0.1, 0.15) is 13.2 Å². The monoisotopic (exact) mass is 1130 g/mol. The Bertz CT molecular complexity index is 1440. The van der Waals surface area contributed by atoms with Gasteiger partial charge in [0.15, 0.2) is 6.10 Å². The summed E-state index contributed by atoms with van der Waals surface area (Å²) in [6.07, 6.45) is 89.6. The van der Waals surface area contributed by atoms with E-state index in [0.29, 0.717) is 19.3 Å². The number of rotatable bonds is 66. The highest BCUT2D eigenvalue weighted by molar-refractivity contribution is 5.71. The summed E-state index contributed by atoms with van der Waals surface area (Å²) in [6, 6.07) is 0. The zero-order valence-corrected chi connectivity index (χ0v) is 54.3. The number of ether oxygens (including phenoxy) is 3. The normalized spacial score (nSPS) is 12.4. The highest BCUT2D eigenvalue weighted by Gasteiger charge is 2.19. The number of hydrogen-bond acceptors (Lipinski definition) is 6. The Morgan fingerprint density at radius 1 is 0.247 bits per heavy atom. The summed E-state index contributed by atoms with van der Waals surface area (Å²) in [4.78, 5) is 38.4. The van der Waals surface area contributed by atoms with E-state index in [1.807, 2.05) is 0 Å². The molecule has 81 heavy (non-hydrogen) atoms. The molecule has 0 bridgehead atoms. The largest absolute Gasteiger partial charge is 0.462 e. The number of carbonyl (C=O) groups is 3. The fourth-order valence-corrected chi connectivity index (χ4v) is 10.6. The van der Waals surface area contributed by atoms with Gasteiger partial charge < -0.3 is 14.2 Å². The van der Waals surface area contributed by atoms with Crippen molar-refractivity contribution < 1.29 is 28.6 Å². The van der Waals surface area contributed by atoms with Gasteiger partial charge in [-0.2, -0.15) is 0 Å². The average molecular weight is 1130 g/mol. The number of allylic oxidation sites excluding steroid dienone is 10. The number of hydrogen-bond donors (Lipinski definition) is 0. The lowest BCUT2D eigenvalue weighted by Crippen LogP contribution is -2.30. The molecular weight excluding hydrogens is 997 g/mol. The molecular formula is C75H136O6. The van der Waals surface area contributed by atoms with Crippen LogP contribution >= 0.6 is 0 Å². The molecule has 0 rings (SSSR count). The molecule has 0 radical (unpaired) electrons. The highest BCUT2D eigenvalue weighted by Crippen LogP contribution is 2.17.